The minimum absolute atomic E-state index is 0.0858. The van der Waals surface area contributed by atoms with Crippen LogP contribution in [0, 0.1) is 5.92 Å². The smallest absolute Gasteiger partial charge is 0.264 e. The summed E-state index contributed by atoms with van der Waals surface area (Å²) in [5.74, 6) is -0.479. The first kappa shape index (κ1) is 33.4. The van der Waals surface area contributed by atoms with Gasteiger partial charge in [-0.15, -0.1) is 0 Å². The van der Waals surface area contributed by atoms with E-state index in [1.54, 1.807) is 47.0 Å². The highest BCUT2D eigenvalue weighted by Crippen LogP contribution is 2.61. The Labute approximate surface area is 287 Å². The Balaban J connectivity index is 1.23. The van der Waals surface area contributed by atoms with Gasteiger partial charge in [0.2, 0.25) is 20.2 Å². The molecular formula is C38H44FN3O6Si. The maximum absolute atomic E-state index is 16.5. The Morgan fingerprint density at radius 2 is 1.86 bits per heavy atom. The number of aliphatic hydroxyl groups is 1. The van der Waals surface area contributed by atoms with Crippen molar-refractivity contribution < 1.29 is 33.1 Å². The lowest BCUT2D eigenvalue weighted by molar-refractivity contribution is -0.151. The van der Waals surface area contributed by atoms with Crippen molar-refractivity contribution >= 4 is 37.5 Å². The van der Waals surface area contributed by atoms with Crippen molar-refractivity contribution in [3.05, 3.63) is 89.0 Å². The van der Waals surface area contributed by atoms with Crippen LogP contribution in [0.5, 0.6) is 5.75 Å². The molecule has 11 heteroatoms. The van der Waals surface area contributed by atoms with Gasteiger partial charge in [-0.2, -0.15) is 0 Å². The molecule has 0 bridgehead atoms. The molecular weight excluding hydrogens is 642 g/mol. The summed E-state index contributed by atoms with van der Waals surface area (Å²) in [6, 6.07) is 20.6. The SMILES string of the molecule is COc1ccc2c(c1)[C@@]1(O[C@H](CC(=O)N3Cc4ccccc4C[C@H]3CO)[C@@H]([Si](C)(C)F)[C@@H]1C)C(=O)N2Cc1cccc(N2CCCC2=O)c1. The Hall–Kier alpha value is -4.06. The zero-order valence-corrected chi connectivity index (χ0v) is 29.5. The number of ether oxygens (including phenoxy) is 2. The van der Waals surface area contributed by atoms with Crippen molar-refractivity contribution in [2.45, 2.75) is 82.1 Å². The number of hydrogen-bond donors (Lipinski definition) is 1. The van der Waals surface area contributed by atoms with Crippen LogP contribution in [0.2, 0.25) is 18.6 Å². The second-order valence-corrected chi connectivity index (χ2v) is 18.2. The van der Waals surface area contributed by atoms with Crippen molar-refractivity contribution in [1.29, 1.82) is 0 Å². The van der Waals surface area contributed by atoms with Gasteiger partial charge < -0.3 is 33.4 Å². The highest BCUT2D eigenvalue weighted by atomic mass is 28.4. The van der Waals surface area contributed by atoms with E-state index in [0.29, 0.717) is 42.9 Å². The summed E-state index contributed by atoms with van der Waals surface area (Å²) < 4.78 is 29.0. The van der Waals surface area contributed by atoms with E-state index < -0.39 is 37.6 Å². The van der Waals surface area contributed by atoms with Crippen LogP contribution in [0.25, 0.3) is 0 Å². The van der Waals surface area contributed by atoms with Crippen LogP contribution in [0.3, 0.4) is 0 Å². The van der Waals surface area contributed by atoms with Crippen LogP contribution >= 0.6 is 0 Å². The van der Waals surface area contributed by atoms with Crippen molar-refractivity contribution in [2.24, 2.45) is 5.92 Å². The summed E-state index contributed by atoms with van der Waals surface area (Å²) in [7, 11) is -1.97. The molecule has 0 radical (unpaired) electrons. The molecule has 2 fully saturated rings. The third-order valence-electron chi connectivity index (χ3n) is 11.1. The van der Waals surface area contributed by atoms with Gasteiger partial charge in [-0.1, -0.05) is 43.3 Å². The molecule has 49 heavy (non-hydrogen) atoms. The normalized spacial score (nSPS) is 26.4. The fourth-order valence-electron chi connectivity index (χ4n) is 8.77. The number of carbonyl (C=O) groups is 3. The van der Waals surface area contributed by atoms with E-state index in [-0.39, 0.29) is 37.3 Å². The summed E-state index contributed by atoms with van der Waals surface area (Å²) in [4.78, 5) is 46.6. The number of halogens is 1. The van der Waals surface area contributed by atoms with Gasteiger partial charge in [0, 0.05) is 42.2 Å². The average molecular weight is 686 g/mol. The monoisotopic (exact) mass is 685 g/mol. The average Bonchev–Trinajstić information content (AvgIpc) is 3.72. The molecule has 4 aliphatic rings. The number of anilines is 2. The Kier molecular flexibility index (Phi) is 8.65. The highest BCUT2D eigenvalue weighted by Gasteiger charge is 2.67. The van der Waals surface area contributed by atoms with Gasteiger partial charge in [0.05, 0.1) is 44.5 Å². The molecule has 1 N–H and O–H groups in total. The Morgan fingerprint density at radius 1 is 1.08 bits per heavy atom. The van der Waals surface area contributed by atoms with Gasteiger partial charge in [-0.25, -0.2) is 0 Å². The zero-order valence-electron chi connectivity index (χ0n) is 28.5. The maximum Gasteiger partial charge on any atom is 0.264 e. The molecule has 2 saturated heterocycles. The van der Waals surface area contributed by atoms with Crippen LogP contribution in [0.4, 0.5) is 15.5 Å². The quantitative estimate of drug-likeness (QED) is 0.249. The summed E-state index contributed by atoms with van der Waals surface area (Å²) in [6.45, 7) is 6.17. The van der Waals surface area contributed by atoms with E-state index in [1.165, 1.54) is 0 Å². The standard InChI is InChI=1S/C38H44FN3O6Si/c1-24-36(49(3,4)39)33(20-35(45)41-22-27-11-6-5-10-26(27)18-29(41)23-43)48-38(24)31-19-30(47-2)14-15-32(31)42(37(38)46)21-25-9-7-12-28(17-25)40-16-8-13-34(40)44/h5-7,9-12,14-15,17,19,24,29,33,36,43H,8,13,16,18,20-23H2,1-4H3/t24-,29-,33+,36-,38+/m0/s1. The molecule has 0 aliphatic carbocycles. The first-order valence-corrected chi connectivity index (χ1v) is 20.2. The number of rotatable bonds is 8. The first-order valence-electron chi connectivity index (χ1n) is 17.2. The largest absolute Gasteiger partial charge is 0.497 e. The van der Waals surface area contributed by atoms with Crippen LogP contribution in [-0.4, -0.2) is 68.5 Å². The lowest BCUT2D eigenvalue weighted by atomic mass is 9.82. The molecule has 258 valence electrons. The Morgan fingerprint density at radius 3 is 2.55 bits per heavy atom. The summed E-state index contributed by atoms with van der Waals surface area (Å²) in [5, 5.41) is 10.3. The van der Waals surface area contributed by atoms with Crippen molar-refractivity contribution in [1.82, 2.24) is 4.90 Å². The molecule has 9 nitrogen and oxygen atoms in total. The second-order valence-electron chi connectivity index (χ2n) is 14.4. The third kappa shape index (κ3) is 5.65. The van der Waals surface area contributed by atoms with Gasteiger partial charge in [0.15, 0.2) is 5.60 Å². The number of fused-ring (bicyclic) bond motifs is 3. The van der Waals surface area contributed by atoms with Gasteiger partial charge in [0.1, 0.15) is 5.75 Å². The molecule has 1 spiro atoms. The topological polar surface area (TPSA) is 99.6 Å². The number of nitrogens with zero attached hydrogens (tertiary/aromatic N) is 3. The van der Waals surface area contributed by atoms with Gasteiger partial charge in [-0.3, -0.25) is 14.4 Å². The van der Waals surface area contributed by atoms with E-state index in [9.17, 15) is 19.5 Å². The summed E-state index contributed by atoms with van der Waals surface area (Å²) >= 11 is 0. The van der Waals surface area contributed by atoms with Crippen LogP contribution in [0.15, 0.2) is 66.7 Å². The van der Waals surface area contributed by atoms with E-state index in [2.05, 4.69) is 0 Å². The molecule has 3 aromatic carbocycles. The molecule has 0 saturated carbocycles. The van der Waals surface area contributed by atoms with Crippen LogP contribution in [-0.2, 0) is 44.2 Å². The molecule has 3 amide bonds. The lowest BCUT2D eigenvalue weighted by Gasteiger charge is -2.37. The minimum atomic E-state index is -3.53. The minimum Gasteiger partial charge on any atom is -0.497 e. The predicted octanol–water partition coefficient (Wildman–Crippen LogP) is 5.48. The van der Waals surface area contributed by atoms with E-state index in [4.69, 9.17) is 9.47 Å². The number of amides is 3. The molecule has 5 atom stereocenters. The Bertz CT molecular complexity index is 1800. The maximum atomic E-state index is 16.5. The molecule has 0 unspecified atom stereocenters. The molecule has 0 aromatic heterocycles. The fraction of sp³-hybridized carbons (Fsp3) is 0.447. The molecule has 4 heterocycles. The van der Waals surface area contributed by atoms with Crippen molar-refractivity contribution in [3.8, 4) is 5.75 Å². The first-order chi connectivity index (χ1) is 23.5. The van der Waals surface area contributed by atoms with Gasteiger partial charge in [-0.05, 0) is 73.0 Å². The van der Waals surface area contributed by atoms with E-state index in [0.717, 1.165) is 28.8 Å². The molecule has 7 rings (SSSR count). The predicted molar refractivity (Wildman–Crippen MR) is 186 cm³/mol. The van der Waals surface area contributed by atoms with Crippen LogP contribution in [0.1, 0.15) is 48.4 Å². The second kappa shape index (κ2) is 12.7. The molecule has 3 aromatic rings. The number of aliphatic hydroxyl groups excluding tert-OH is 1. The van der Waals surface area contributed by atoms with E-state index >= 15 is 4.11 Å². The lowest BCUT2D eigenvalue weighted by Crippen LogP contribution is -2.48. The number of methoxy groups -OCH3 is 1. The van der Waals surface area contributed by atoms with Crippen LogP contribution < -0.4 is 14.5 Å². The fourth-order valence-corrected chi connectivity index (χ4v) is 11.3. The molecule has 4 aliphatic heterocycles. The summed E-state index contributed by atoms with van der Waals surface area (Å²) in [5.41, 5.74) is 2.84. The van der Waals surface area contributed by atoms with Gasteiger partial charge in [0.25, 0.3) is 5.91 Å². The number of benzene rings is 3. The highest BCUT2D eigenvalue weighted by molar-refractivity contribution is 6.72. The number of hydrogen-bond acceptors (Lipinski definition) is 6. The van der Waals surface area contributed by atoms with Crippen molar-refractivity contribution in [2.75, 3.05) is 30.1 Å². The third-order valence-corrected chi connectivity index (χ3v) is 13.5. The summed E-state index contributed by atoms with van der Waals surface area (Å²) in [6.07, 6.45) is 0.912. The van der Waals surface area contributed by atoms with E-state index in [1.807, 2.05) is 61.5 Å². The zero-order chi connectivity index (χ0) is 34.7. The van der Waals surface area contributed by atoms with Gasteiger partial charge >= 0.3 is 0 Å². The van der Waals surface area contributed by atoms with Crippen molar-refractivity contribution in [3.63, 3.8) is 0 Å². The number of carbonyl (C=O) groups excluding carboxylic acids is 3.